The largest absolute Gasteiger partial charge is 0.450 e. The van der Waals surface area contributed by atoms with Gasteiger partial charge in [0.1, 0.15) is 0 Å². The number of likely N-dealkylation sites (tertiary alicyclic amines) is 1. The molecule has 0 bridgehead atoms. The van der Waals surface area contributed by atoms with E-state index in [1.165, 1.54) is 4.90 Å². The van der Waals surface area contributed by atoms with Crippen LogP contribution in [-0.2, 0) is 4.74 Å². The van der Waals surface area contributed by atoms with Crippen molar-refractivity contribution in [3.63, 3.8) is 0 Å². The number of aromatic nitrogens is 1. The van der Waals surface area contributed by atoms with Crippen LogP contribution in [0.3, 0.4) is 0 Å². The minimum absolute atomic E-state index is 0.120. The van der Waals surface area contributed by atoms with Gasteiger partial charge in [-0.2, -0.15) is 0 Å². The van der Waals surface area contributed by atoms with Gasteiger partial charge in [0.2, 0.25) is 0 Å². The molecule has 1 aliphatic heterocycles. The van der Waals surface area contributed by atoms with Crippen LogP contribution in [0.1, 0.15) is 19.8 Å². The first kappa shape index (κ1) is 16.4. The number of ether oxygens (including phenoxy) is 1. The predicted molar refractivity (Wildman–Crippen MR) is 82.9 cm³/mol. The van der Waals surface area contributed by atoms with Crippen LogP contribution in [0.15, 0.2) is 18.3 Å². The number of primary amides is 1. The summed E-state index contributed by atoms with van der Waals surface area (Å²) < 4.78 is 4.98. The second kappa shape index (κ2) is 7.31. The lowest BCUT2D eigenvalue weighted by Crippen LogP contribution is -2.50. The molecule has 0 aliphatic carbocycles. The van der Waals surface area contributed by atoms with Gasteiger partial charge in [0.25, 0.3) is 0 Å². The average molecular weight is 327 g/mol. The zero-order valence-corrected chi connectivity index (χ0v) is 13.1. The summed E-state index contributed by atoms with van der Waals surface area (Å²) in [4.78, 5) is 30.6. The molecule has 1 aromatic heterocycles. The van der Waals surface area contributed by atoms with E-state index in [0.29, 0.717) is 38.2 Å². The van der Waals surface area contributed by atoms with Crippen molar-refractivity contribution in [3.05, 3.63) is 23.5 Å². The summed E-state index contributed by atoms with van der Waals surface area (Å²) in [6.07, 6.45) is 2.43. The molecular formula is C14H19ClN4O3. The van der Waals surface area contributed by atoms with Gasteiger partial charge in [-0.15, -0.1) is 0 Å². The van der Waals surface area contributed by atoms with Gasteiger partial charge in [0.05, 0.1) is 12.3 Å². The van der Waals surface area contributed by atoms with Crippen molar-refractivity contribution >= 4 is 29.4 Å². The van der Waals surface area contributed by atoms with Crippen LogP contribution in [0.25, 0.3) is 0 Å². The van der Waals surface area contributed by atoms with Crippen molar-refractivity contribution < 1.29 is 14.3 Å². The standard InChI is InChI=1S/C14H19ClN4O3/c1-2-22-14(21)18-8-5-10(6-9-18)19(13(16)20)11-4-3-7-17-12(11)15/h3-4,7,10H,2,5-6,8-9H2,1H3,(H2,16,20). The molecule has 1 fully saturated rings. The molecule has 3 amide bonds. The molecule has 8 heteroatoms. The maximum absolute atomic E-state index is 11.8. The number of anilines is 1. The molecule has 0 radical (unpaired) electrons. The Kier molecular flexibility index (Phi) is 5.43. The summed E-state index contributed by atoms with van der Waals surface area (Å²) in [6, 6.07) is 2.71. The second-order valence-electron chi connectivity index (χ2n) is 4.94. The molecule has 2 rings (SSSR count). The van der Waals surface area contributed by atoms with Crippen LogP contribution in [0, 0.1) is 0 Å². The van der Waals surface area contributed by atoms with Gasteiger partial charge in [0.15, 0.2) is 5.15 Å². The first-order valence-electron chi connectivity index (χ1n) is 7.15. The van der Waals surface area contributed by atoms with Gasteiger partial charge in [-0.3, -0.25) is 4.90 Å². The van der Waals surface area contributed by atoms with Crippen molar-refractivity contribution in [3.8, 4) is 0 Å². The van der Waals surface area contributed by atoms with Crippen molar-refractivity contribution in [2.45, 2.75) is 25.8 Å². The number of piperidine rings is 1. The van der Waals surface area contributed by atoms with Crippen molar-refractivity contribution in [2.75, 3.05) is 24.6 Å². The molecule has 0 unspecified atom stereocenters. The third-order valence-electron chi connectivity index (χ3n) is 3.59. The lowest BCUT2D eigenvalue weighted by molar-refractivity contribution is 0.0972. The molecule has 0 spiro atoms. The summed E-state index contributed by atoms with van der Waals surface area (Å²) in [6.45, 7) is 3.12. The number of carbonyl (C=O) groups excluding carboxylic acids is 2. The first-order valence-corrected chi connectivity index (χ1v) is 7.53. The highest BCUT2D eigenvalue weighted by Gasteiger charge is 2.31. The molecular weight excluding hydrogens is 308 g/mol. The van der Waals surface area contributed by atoms with E-state index in [0.717, 1.165) is 0 Å². The predicted octanol–water partition coefficient (Wildman–Crippen LogP) is 2.24. The summed E-state index contributed by atoms with van der Waals surface area (Å²) in [7, 11) is 0. The Morgan fingerprint density at radius 2 is 2.18 bits per heavy atom. The first-order chi connectivity index (χ1) is 10.5. The normalized spacial score (nSPS) is 15.5. The Bertz CT molecular complexity index is 547. The van der Waals surface area contributed by atoms with Gasteiger partial charge in [-0.1, -0.05) is 11.6 Å². The molecule has 2 N–H and O–H groups in total. The van der Waals surface area contributed by atoms with E-state index < -0.39 is 6.03 Å². The minimum Gasteiger partial charge on any atom is -0.450 e. The molecule has 120 valence electrons. The fourth-order valence-corrected chi connectivity index (χ4v) is 2.78. The molecule has 1 saturated heterocycles. The number of carbonyl (C=O) groups is 2. The topological polar surface area (TPSA) is 88.8 Å². The van der Waals surface area contributed by atoms with E-state index >= 15 is 0 Å². The summed E-state index contributed by atoms with van der Waals surface area (Å²) in [5.41, 5.74) is 6.00. The van der Waals surface area contributed by atoms with Gasteiger partial charge in [0, 0.05) is 25.3 Å². The number of halogens is 1. The molecule has 22 heavy (non-hydrogen) atoms. The summed E-state index contributed by atoms with van der Waals surface area (Å²) in [5, 5.41) is 0.231. The van der Waals surface area contributed by atoms with Crippen molar-refractivity contribution in [1.29, 1.82) is 0 Å². The van der Waals surface area contributed by atoms with Crippen molar-refractivity contribution in [2.24, 2.45) is 5.73 Å². The quantitative estimate of drug-likeness (QED) is 0.863. The highest BCUT2D eigenvalue weighted by atomic mass is 35.5. The average Bonchev–Trinajstić information content (AvgIpc) is 2.50. The summed E-state index contributed by atoms with van der Waals surface area (Å²) in [5.74, 6) is 0. The zero-order chi connectivity index (χ0) is 16.1. The van der Waals surface area contributed by atoms with E-state index in [4.69, 9.17) is 22.1 Å². The highest BCUT2D eigenvalue weighted by Crippen LogP contribution is 2.28. The molecule has 0 atom stereocenters. The van der Waals surface area contributed by atoms with Gasteiger partial charge < -0.3 is 15.4 Å². The van der Waals surface area contributed by atoms with E-state index in [1.807, 2.05) is 0 Å². The van der Waals surface area contributed by atoms with Crippen LogP contribution >= 0.6 is 11.6 Å². The van der Waals surface area contributed by atoms with Crippen LogP contribution in [0.2, 0.25) is 5.15 Å². The third-order valence-corrected chi connectivity index (χ3v) is 3.88. The number of pyridine rings is 1. The number of hydrogen-bond acceptors (Lipinski definition) is 4. The Morgan fingerprint density at radius 3 is 2.73 bits per heavy atom. The lowest BCUT2D eigenvalue weighted by atomic mass is 10.0. The van der Waals surface area contributed by atoms with Gasteiger partial charge in [-0.25, -0.2) is 14.6 Å². The molecule has 2 heterocycles. The van der Waals surface area contributed by atoms with E-state index in [1.54, 1.807) is 30.2 Å². The zero-order valence-electron chi connectivity index (χ0n) is 12.4. The molecule has 7 nitrogen and oxygen atoms in total. The number of rotatable bonds is 3. The van der Waals surface area contributed by atoms with Crippen LogP contribution < -0.4 is 10.6 Å². The monoisotopic (exact) mass is 326 g/mol. The van der Waals surface area contributed by atoms with Gasteiger partial charge >= 0.3 is 12.1 Å². The van der Waals surface area contributed by atoms with E-state index in [2.05, 4.69) is 4.98 Å². The van der Waals surface area contributed by atoms with Crippen LogP contribution in [0.4, 0.5) is 15.3 Å². The third kappa shape index (κ3) is 3.59. The lowest BCUT2D eigenvalue weighted by Gasteiger charge is -2.37. The number of urea groups is 1. The second-order valence-corrected chi connectivity index (χ2v) is 5.30. The Hall–Kier alpha value is -2.02. The van der Waals surface area contributed by atoms with Crippen LogP contribution in [0.5, 0.6) is 0 Å². The summed E-state index contributed by atoms with van der Waals surface area (Å²) >= 11 is 6.06. The molecule has 0 saturated carbocycles. The molecule has 0 aromatic carbocycles. The maximum Gasteiger partial charge on any atom is 0.409 e. The number of nitrogens with two attached hydrogens (primary N) is 1. The van der Waals surface area contributed by atoms with Crippen LogP contribution in [-0.4, -0.2) is 47.7 Å². The SMILES string of the molecule is CCOC(=O)N1CCC(N(C(N)=O)c2cccnc2Cl)CC1. The maximum atomic E-state index is 11.8. The fourth-order valence-electron chi connectivity index (χ4n) is 2.57. The molecule has 1 aliphatic rings. The van der Waals surface area contributed by atoms with E-state index in [9.17, 15) is 9.59 Å². The highest BCUT2D eigenvalue weighted by molar-refractivity contribution is 6.32. The smallest absolute Gasteiger partial charge is 0.409 e. The number of nitrogens with zero attached hydrogens (tertiary/aromatic N) is 3. The molecule has 1 aromatic rings. The number of hydrogen-bond donors (Lipinski definition) is 1. The number of amides is 3. The van der Waals surface area contributed by atoms with Crippen molar-refractivity contribution in [1.82, 2.24) is 9.88 Å². The Balaban J connectivity index is 2.08. The van der Waals surface area contributed by atoms with Gasteiger partial charge in [-0.05, 0) is 31.9 Å². The van der Waals surface area contributed by atoms with E-state index in [-0.39, 0.29) is 17.3 Å². The minimum atomic E-state index is -0.579. The Labute approximate surface area is 134 Å². The fraction of sp³-hybridized carbons (Fsp3) is 0.500. The Morgan fingerprint density at radius 1 is 1.50 bits per heavy atom.